The molecule has 1 saturated heterocycles. The summed E-state index contributed by atoms with van der Waals surface area (Å²) in [5, 5.41) is -0.183. The summed E-state index contributed by atoms with van der Waals surface area (Å²) in [5.74, 6) is -0.192. The van der Waals surface area contributed by atoms with Crippen LogP contribution in [0.1, 0.15) is 37.2 Å². The van der Waals surface area contributed by atoms with Crippen molar-refractivity contribution in [2.45, 2.75) is 40.2 Å². The SMILES string of the molecule is CC[C@H](C)N1C(=O)S/C(=C\c2cc(C)n(-c3ccc(Br)cc3)c2C)C1=O. The van der Waals surface area contributed by atoms with E-state index >= 15 is 0 Å². The molecule has 6 heteroatoms. The van der Waals surface area contributed by atoms with Gasteiger partial charge in [-0.15, -0.1) is 0 Å². The maximum atomic E-state index is 12.6. The van der Waals surface area contributed by atoms with E-state index in [1.165, 1.54) is 4.90 Å². The van der Waals surface area contributed by atoms with Crippen LogP contribution < -0.4 is 0 Å². The van der Waals surface area contributed by atoms with Crippen LogP contribution in [0, 0.1) is 13.8 Å². The number of aromatic nitrogens is 1. The van der Waals surface area contributed by atoms with Gasteiger partial charge in [0.1, 0.15) is 0 Å². The molecule has 1 aromatic carbocycles. The van der Waals surface area contributed by atoms with Crippen molar-refractivity contribution in [3.63, 3.8) is 0 Å². The molecule has 0 radical (unpaired) electrons. The lowest BCUT2D eigenvalue weighted by atomic mass is 10.2. The molecule has 2 aromatic rings. The number of benzene rings is 1. The topological polar surface area (TPSA) is 42.3 Å². The number of halogens is 1. The van der Waals surface area contributed by atoms with Crippen molar-refractivity contribution in [1.29, 1.82) is 0 Å². The maximum Gasteiger partial charge on any atom is 0.293 e. The van der Waals surface area contributed by atoms with Gasteiger partial charge in [0.25, 0.3) is 11.1 Å². The van der Waals surface area contributed by atoms with Crippen LogP contribution in [0.3, 0.4) is 0 Å². The highest BCUT2D eigenvalue weighted by Crippen LogP contribution is 2.35. The van der Waals surface area contributed by atoms with Crippen LogP contribution >= 0.6 is 27.7 Å². The van der Waals surface area contributed by atoms with Crippen LogP contribution in [-0.4, -0.2) is 26.7 Å². The Morgan fingerprint density at radius 1 is 1.19 bits per heavy atom. The molecule has 1 aromatic heterocycles. The Kier molecular flexibility index (Phi) is 5.44. The molecule has 1 aliphatic rings. The van der Waals surface area contributed by atoms with Crippen molar-refractivity contribution in [2.24, 2.45) is 0 Å². The third-order valence-corrected chi connectivity index (χ3v) is 6.11. The highest BCUT2D eigenvalue weighted by molar-refractivity contribution is 9.10. The van der Waals surface area contributed by atoms with Crippen LogP contribution in [0.5, 0.6) is 0 Å². The van der Waals surface area contributed by atoms with E-state index in [4.69, 9.17) is 0 Å². The summed E-state index contributed by atoms with van der Waals surface area (Å²) in [6, 6.07) is 10.1. The molecular formula is C20H21BrN2O2S. The van der Waals surface area contributed by atoms with Crippen molar-refractivity contribution in [1.82, 2.24) is 9.47 Å². The van der Waals surface area contributed by atoms with Gasteiger partial charge in [-0.25, -0.2) is 0 Å². The molecule has 0 saturated carbocycles. The van der Waals surface area contributed by atoms with Gasteiger partial charge in [-0.3, -0.25) is 14.5 Å². The predicted molar refractivity (Wildman–Crippen MR) is 111 cm³/mol. The minimum absolute atomic E-state index is 0.0800. The zero-order chi connectivity index (χ0) is 19.0. The second kappa shape index (κ2) is 7.45. The fourth-order valence-corrected chi connectivity index (χ4v) is 4.29. The van der Waals surface area contributed by atoms with Crippen LogP contribution in [0.4, 0.5) is 4.79 Å². The second-order valence-corrected chi connectivity index (χ2v) is 8.36. The molecule has 0 spiro atoms. The number of aryl methyl sites for hydroxylation is 1. The molecule has 2 heterocycles. The number of amides is 2. The number of hydrogen-bond acceptors (Lipinski definition) is 3. The van der Waals surface area contributed by atoms with Gasteiger partial charge < -0.3 is 4.57 Å². The van der Waals surface area contributed by atoms with E-state index in [1.54, 1.807) is 0 Å². The molecule has 136 valence electrons. The minimum atomic E-state index is -0.192. The number of thioether (sulfide) groups is 1. The Balaban J connectivity index is 1.98. The molecule has 26 heavy (non-hydrogen) atoms. The van der Waals surface area contributed by atoms with Gasteiger partial charge in [0.15, 0.2) is 0 Å². The average molecular weight is 433 g/mol. The van der Waals surface area contributed by atoms with Gasteiger partial charge in [0, 0.05) is 27.6 Å². The monoisotopic (exact) mass is 432 g/mol. The third kappa shape index (κ3) is 3.40. The molecule has 1 fully saturated rings. The van der Waals surface area contributed by atoms with Crippen LogP contribution in [0.25, 0.3) is 11.8 Å². The number of imide groups is 1. The zero-order valence-electron chi connectivity index (χ0n) is 15.2. The van der Waals surface area contributed by atoms with E-state index in [9.17, 15) is 9.59 Å². The maximum absolute atomic E-state index is 12.6. The quantitative estimate of drug-likeness (QED) is 0.582. The third-order valence-electron chi connectivity index (χ3n) is 4.70. The summed E-state index contributed by atoms with van der Waals surface area (Å²) in [6.07, 6.45) is 2.59. The van der Waals surface area contributed by atoms with E-state index in [2.05, 4.69) is 26.6 Å². The van der Waals surface area contributed by atoms with E-state index in [-0.39, 0.29) is 17.2 Å². The first-order valence-corrected chi connectivity index (χ1v) is 10.2. The van der Waals surface area contributed by atoms with Crippen molar-refractivity contribution >= 4 is 44.9 Å². The summed E-state index contributed by atoms with van der Waals surface area (Å²) in [6.45, 7) is 7.94. The van der Waals surface area contributed by atoms with Crippen molar-refractivity contribution in [3.8, 4) is 5.69 Å². The van der Waals surface area contributed by atoms with E-state index < -0.39 is 0 Å². The molecule has 0 unspecified atom stereocenters. The van der Waals surface area contributed by atoms with Gasteiger partial charge in [0.05, 0.1) is 4.91 Å². The number of nitrogens with zero attached hydrogens (tertiary/aromatic N) is 2. The largest absolute Gasteiger partial charge is 0.318 e. The van der Waals surface area contributed by atoms with Crippen molar-refractivity contribution in [2.75, 3.05) is 0 Å². The Hall–Kier alpha value is -1.79. The first-order chi connectivity index (χ1) is 12.3. The molecular weight excluding hydrogens is 412 g/mol. The fraction of sp³-hybridized carbons (Fsp3) is 0.300. The molecule has 0 N–H and O–H groups in total. The van der Waals surface area contributed by atoms with Crippen molar-refractivity contribution in [3.05, 3.63) is 56.7 Å². The predicted octanol–water partition coefficient (Wildman–Crippen LogP) is 5.69. The Morgan fingerprint density at radius 3 is 2.46 bits per heavy atom. The van der Waals surface area contributed by atoms with Crippen molar-refractivity contribution < 1.29 is 9.59 Å². The second-order valence-electron chi connectivity index (χ2n) is 6.45. The molecule has 0 aliphatic carbocycles. The summed E-state index contributed by atoms with van der Waals surface area (Å²) in [5.41, 5.74) is 4.15. The lowest BCUT2D eigenvalue weighted by Gasteiger charge is -2.19. The van der Waals surface area contributed by atoms with Gasteiger partial charge in [-0.05, 0) is 80.9 Å². The molecule has 1 atom stereocenters. The van der Waals surface area contributed by atoms with Crippen LogP contribution in [-0.2, 0) is 4.79 Å². The number of hydrogen-bond donors (Lipinski definition) is 0. The van der Waals surface area contributed by atoms with E-state index in [0.717, 1.165) is 45.3 Å². The molecule has 0 bridgehead atoms. The summed E-state index contributed by atoms with van der Waals surface area (Å²) >= 11 is 4.48. The van der Waals surface area contributed by atoms with Gasteiger partial charge >= 0.3 is 0 Å². The lowest BCUT2D eigenvalue weighted by Crippen LogP contribution is -2.36. The molecule has 3 rings (SSSR count). The Morgan fingerprint density at radius 2 is 1.85 bits per heavy atom. The minimum Gasteiger partial charge on any atom is -0.318 e. The first-order valence-electron chi connectivity index (χ1n) is 8.55. The normalized spacial score (nSPS) is 17.4. The summed E-state index contributed by atoms with van der Waals surface area (Å²) in [4.78, 5) is 26.7. The average Bonchev–Trinajstić information content (AvgIpc) is 3.04. The lowest BCUT2D eigenvalue weighted by molar-refractivity contribution is -0.124. The zero-order valence-corrected chi connectivity index (χ0v) is 17.6. The summed E-state index contributed by atoms with van der Waals surface area (Å²) < 4.78 is 3.18. The fourth-order valence-electron chi connectivity index (χ4n) is 3.10. The van der Waals surface area contributed by atoms with Gasteiger partial charge in [-0.2, -0.15) is 0 Å². The first kappa shape index (κ1) is 19.0. The van der Waals surface area contributed by atoms with Crippen LogP contribution in [0.15, 0.2) is 39.7 Å². The van der Waals surface area contributed by atoms with Gasteiger partial charge in [0.2, 0.25) is 0 Å². The highest BCUT2D eigenvalue weighted by Gasteiger charge is 2.37. The Labute approximate surface area is 166 Å². The van der Waals surface area contributed by atoms with E-state index in [1.807, 2.05) is 58.0 Å². The van der Waals surface area contributed by atoms with E-state index in [0.29, 0.717) is 4.91 Å². The molecule has 2 amide bonds. The number of carbonyl (C=O) groups excluding carboxylic acids is 2. The standard InChI is InChI=1S/C20H21BrN2O2S/c1-5-12(2)23-19(24)18(26-20(23)25)11-15-10-13(3)22(14(15)4)17-8-6-16(21)7-9-17/h6-12H,5H2,1-4H3/b18-11-/t12-/m0/s1. The number of rotatable bonds is 4. The molecule has 1 aliphatic heterocycles. The van der Waals surface area contributed by atoms with Gasteiger partial charge in [-0.1, -0.05) is 22.9 Å². The number of carbonyl (C=O) groups is 2. The Bertz CT molecular complexity index is 899. The highest BCUT2D eigenvalue weighted by atomic mass is 79.9. The summed E-state index contributed by atoms with van der Waals surface area (Å²) in [7, 11) is 0. The van der Waals surface area contributed by atoms with Crippen LogP contribution in [0.2, 0.25) is 0 Å². The smallest absolute Gasteiger partial charge is 0.293 e. The molecule has 4 nitrogen and oxygen atoms in total.